The zero-order valence-electron chi connectivity index (χ0n) is 9.25. The lowest BCUT2D eigenvalue weighted by Crippen LogP contribution is -1.87. The van der Waals surface area contributed by atoms with Crippen LogP contribution >= 0.6 is 0 Å². The Bertz CT molecular complexity index is 461. The molecule has 0 atom stereocenters. The molecule has 0 aromatic heterocycles. The SMILES string of the molecule is [CH2]c1cccc(-c2c(C)cccc2C)c1. The molecule has 0 heteroatoms. The van der Waals surface area contributed by atoms with Crippen LogP contribution in [0.5, 0.6) is 0 Å². The van der Waals surface area contributed by atoms with Crippen LogP contribution in [0.3, 0.4) is 0 Å². The molecule has 1 radical (unpaired) electrons. The molecule has 0 aliphatic rings. The van der Waals surface area contributed by atoms with Crippen LogP contribution in [0.2, 0.25) is 0 Å². The molecule has 0 saturated heterocycles. The van der Waals surface area contributed by atoms with Gasteiger partial charge in [0.2, 0.25) is 0 Å². The number of hydrogen-bond acceptors (Lipinski definition) is 0. The fraction of sp³-hybridized carbons (Fsp3) is 0.133. The number of aryl methyl sites for hydroxylation is 2. The summed E-state index contributed by atoms with van der Waals surface area (Å²) < 4.78 is 0. The van der Waals surface area contributed by atoms with Crippen LogP contribution < -0.4 is 0 Å². The van der Waals surface area contributed by atoms with E-state index in [2.05, 4.69) is 57.2 Å². The lowest BCUT2D eigenvalue weighted by molar-refractivity contribution is 1.37. The number of hydrogen-bond donors (Lipinski definition) is 0. The molecule has 0 N–H and O–H groups in total. The van der Waals surface area contributed by atoms with Crippen molar-refractivity contribution in [1.29, 1.82) is 0 Å². The predicted molar refractivity (Wildman–Crippen MR) is 65.8 cm³/mol. The Morgan fingerprint density at radius 1 is 0.867 bits per heavy atom. The lowest BCUT2D eigenvalue weighted by Gasteiger charge is -2.10. The Morgan fingerprint density at radius 3 is 2.07 bits per heavy atom. The molecule has 0 heterocycles. The molecule has 0 fully saturated rings. The molecule has 0 saturated carbocycles. The van der Waals surface area contributed by atoms with E-state index in [1.54, 1.807) is 0 Å². The molecular formula is C15H15. The van der Waals surface area contributed by atoms with Crippen LogP contribution in [0.1, 0.15) is 16.7 Å². The van der Waals surface area contributed by atoms with E-state index in [1.807, 2.05) is 6.07 Å². The van der Waals surface area contributed by atoms with Gasteiger partial charge < -0.3 is 0 Å². The van der Waals surface area contributed by atoms with Crippen molar-refractivity contribution in [3.8, 4) is 11.1 Å². The highest BCUT2D eigenvalue weighted by Gasteiger charge is 2.04. The van der Waals surface area contributed by atoms with Crippen molar-refractivity contribution in [1.82, 2.24) is 0 Å². The van der Waals surface area contributed by atoms with E-state index in [1.165, 1.54) is 22.3 Å². The third-order valence-electron chi connectivity index (χ3n) is 2.70. The van der Waals surface area contributed by atoms with E-state index >= 15 is 0 Å². The zero-order valence-corrected chi connectivity index (χ0v) is 9.25. The second kappa shape index (κ2) is 3.90. The Morgan fingerprint density at radius 2 is 1.47 bits per heavy atom. The first-order chi connectivity index (χ1) is 7.18. The molecule has 0 nitrogen and oxygen atoms in total. The van der Waals surface area contributed by atoms with E-state index in [-0.39, 0.29) is 0 Å². The molecule has 15 heavy (non-hydrogen) atoms. The second-order valence-corrected chi connectivity index (χ2v) is 3.97. The van der Waals surface area contributed by atoms with Gasteiger partial charge in [-0.25, -0.2) is 0 Å². The average molecular weight is 195 g/mol. The highest BCUT2D eigenvalue weighted by atomic mass is 14.1. The van der Waals surface area contributed by atoms with Crippen LogP contribution in [0.4, 0.5) is 0 Å². The van der Waals surface area contributed by atoms with E-state index in [0.29, 0.717) is 0 Å². The summed E-state index contributed by atoms with van der Waals surface area (Å²) in [5.74, 6) is 0. The van der Waals surface area contributed by atoms with Gasteiger partial charge in [0.05, 0.1) is 0 Å². The Hall–Kier alpha value is -1.56. The quantitative estimate of drug-likeness (QED) is 0.641. The van der Waals surface area contributed by atoms with Gasteiger partial charge in [0.1, 0.15) is 0 Å². The first-order valence-corrected chi connectivity index (χ1v) is 5.17. The van der Waals surface area contributed by atoms with Gasteiger partial charge >= 0.3 is 0 Å². The van der Waals surface area contributed by atoms with Crippen molar-refractivity contribution in [2.24, 2.45) is 0 Å². The highest BCUT2D eigenvalue weighted by molar-refractivity contribution is 5.71. The Kier molecular flexibility index (Phi) is 2.59. The van der Waals surface area contributed by atoms with Gasteiger partial charge in [-0.05, 0) is 48.6 Å². The minimum absolute atomic E-state index is 1.06. The van der Waals surface area contributed by atoms with Crippen molar-refractivity contribution >= 4 is 0 Å². The monoisotopic (exact) mass is 195 g/mol. The molecule has 75 valence electrons. The predicted octanol–water partition coefficient (Wildman–Crippen LogP) is 4.15. The molecule has 0 unspecified atom stereocenters. The zero-order chi connectivity index (χ0) is 10.8. The summed E-state index contributed by atoms with van der Waals surface area (Å²) >= 11 is 0. The summed E-state index contributed by atoms with van der Waals surface area (Å²) in [6.07, 6.45) is 0. The summed E-state index contributed by atoms with van der Waals surface area (Å²) in [7, 11) is 0. The van der Waals surface area contributed by atoms with Crippen molar-refractivity contribution < 1.29 is 0 Å². The normalized spacial score (nSPS) is 10.3. The highest BCUT2D eigenvalue weighted by Crippen LogP contribution is 2.27. The van der Waals surface area contributed by atoms with Crippen LogP contribution in [-0.2, 0) is 0 Å². The van der Waals surface area contributed by atoms with Crippen molar-refractivity contribution in [3.63, 3.8) is 0 Å². The van der Waals surface area contributed by atoms with Crippen LogP contribution in [0.25, 0.3) is 11.1 Å². The van der Waals surface area contributed by atoms with E-state index in [4.69, 9.17) is 0 Å². The first-order valence-electron chi connectivity index (χ1n) is 5.17. The molecule has 0 bridgehead atoms. The minimum atomic E-state index is 1.06. The largest absolute Gasteiger partial charge is 0.0617 e. The summed E-state index contributed by atoms with van der Waals surface area (Å²) in [5.41, 5.74) is 6.30. The average Bonchev–Trinajstić information content (AvgIpc) is 2.17. The molecule has 2 rings (SSSR count). The molecule has 2 aromatic rings. The fourth-order valence-corrected chi connectivity index (χ4v) is 2.00. The minimum Gasteiger partial charge on any atom is -0.0617 e. The topological polar surface area (TPSA) is 0 Å². The molecule has 0 aliphatic heterocycles. The van der Waals surface area contributed by atoms with E-state index in [0.717, 1.165) is 5.56 Å². The second-order valence-electron chi connectivity index (χ2n) is 3.97. The van der Waals surface area contributed by atoms with Crippen LogP contribution in [0, 0.1) is 20.8 Å². The first kappa shape index (κ1) is 9.97. The third-order valence-corrected chi connectivity index (χ3v) is 2.70. The molecule has 0 spiro atoms. The number of rotatable bonds is 1. The van der Waals surface area contributed by atoms with E-state index < -0.39 is 0 Å². The molecule has 0 amide bonds. The maximum Gasteiger partial charge on any atom is -0.0125 e. The van der Waals surface area contributed by atoms with Gasteiger partial charge in [0, 0.05) is 0 Å². The lowest BCUT2D eigenvalue weighted by atomic mass is 9.95. The van der Waals surface area contributed by atoms with Crippen molar-refractivity contribution in [3.05, 3.63) is 66.1 Å². The summed E-state index contributed by atoms with van der Waals surface area (Å²) in [4.78, 5) is 0. The van der Waals surface area contributed by atoms with Crippen LogP contribution in [-0.4, -0.2) is 0 Å². The fourth-order valence-electron chi connectivity index (χ4n) is 2.00. The van der Waals surface area contributed by atoms with Gasteiger partial charge in [-0.1, -0.05) is 42.5 Å². The number of benzene rings is 2. The van der Waals surface area contributed by atoms with Crippen LogP contribution in [0.15, 0.2) is 42.5 Å². The summed E-state index contributed by atoms with van der Waals surface area (Å²) in [6.45, 7) is 8.27. The standard InChI is InChI=1S/C15H15/c1-11-6-4-9-14(10-11)15-12(2)7-5-8-13(15)3/h4-10H,1H2,2-3H3. The maximum absolute atomic E-state index is 3.97. The maximum atomic E-state index is 3.97. The van der Waals surface area contributed by atoms with Gasteiger partial charge in [-0.2, -0.15) is 0 Å². The summed E-state index contributed by atoms with van der Waals surface area (Å²) in [5, 5.41) is 0. The summed E-state index contributed by atoms with van der Waals surface area (Å²) in [6, 6.07) is 14.8. The van der Waals surface area contributed by atoms with Crippen molar-refractivity contribution in [2.45, 2.75) is 13.8 Å². The smallest absolute Gasteiger partial charge is 0.0125 e. The molecule has 2 aromatic carbocycles. The molecular weight excluding hydrogens is 180 g/mol. The van der Waals surface area contributed by atoms with Crippen molar-refractivity contribution in [2.75, 3.05) is 0 Å². The Labute approximate surface area is 91.6 Å². The third kappa shape index (κ3) is 1.94. The Balaban J connectivity index is 2.63. The van der Waals surface area contributed by atoms with Gasteiger partial charge in [-0.15, -0.1) is 0 Å². The molecule has 0 aliphatic carbocycles. The van der Waals surface area contributed by atoms with Gasteiger partial charge in [0.15, 0.2) is 0 Å². The van der Waals surface area contributed by atoms with Gasteiger partial charge in [-0.3, -0.25) is 0 Å². The van der Waals surface area contributed by atoms with Gasteiger partial charge in [0.25, 0.3) is 0 Å². The van der Waals surface area contributed by atoms with E-state index in [9.17, 15) is 0 Å².